The molecule has 1 aromatic carbocycles. The highest BCUT2D eigenvalue weighted by molar-refractivity contribution is 5.80. The van der Waals surface area contributed by atoms with Gasteiger partial charge in [-0.3, -0.25) is 14.4 Å². The zero-order chi connectivity index (χ0) is 18.5. The Balaban J connectivity index is 1.52. The number of carbonyl (C=O) groups is 2. The van der Waals surface area contributed by atoms with Crippen LogP contribution in [0.5, 0.6) is 0 Å². The molecule has 0 saturated heterocycles. The van der Waals surface area contributed by atoms with Crippen molar-refractivity contribution in [2.75, 3.05) is 0 Å². The van der Waals surface area contributed by atoms with Crippen LogP contribution in [0.1, 0.15) is 30.4 Å². The maximum atomic E-state index is 12.2. The van der Waals surface area contributed by atoms with Crippen LogP contribution in [0.3, 0.4) is 0 Å². The van der Waals surface area contributed by atoms with E-state index in [1.54, 1.807) is 16.8 Å². The standard InChI is InChI=1S/C20H22N2O4/c23-18-3-1-2-10-22(18)13-15-6-4-14(5-7-15)12-21-19(24)16-8-9-17(11-16)20(25)26/h1-7,10,16-17H,8-9,11-13H2,(H,21,24)(H,25,26)/t16-,17+/m0/s1. The first-order chi connectivity index (χ1) is 12.5. The molecular formula is C20H22N2O4. The molecule has 6 heteroatoms. The highest BCUT2D eigenvalue weighted by Gasteiger charge is 2.33. The first-order valence-electron chi connectivity index (χ1n) is 8.77. The highest BCUT2D eigenvalue weighted by atomic mass is 16.4. The summed E-state index contributed by atoms with van der Waals surface area (Å²) in [6.45, 7) is 0.920. The van der Waals surface area contributed by atoms with Gasteiger partial charge in [-0.15, -0.1) is 0 Å². The molecule has 0 spiro atoms. The van der Waals surface area contributed by atoms with Crippen LogP contribution in [-0.4, -0.2) is 21.6 Å². The minimum Gasteiger partial charge on any atom is -0.481 e. The zero-order valence-corrected chi connectivity index (χ0v) is 14.4. The molecule has 0 radical (unpaired) electrons. The fourth-order valence-electron chi connectivity index (χ4n) is 3.33. The minimum atomic E-state index is -0.812. The van der Waals surface area contributed by atoms with E-state index >= 15 is 0 Å². The summed E-state index contributed by atoms with van der Waals surface area (Å²) in [6, 6.07) is 12.8. The van der Waals surface area contributed by atoms with Crippen LogP contribution in [0.25, 0.3) is 0 Å². The Kier molecular flexibility index (Phi) is 5.51. The van der Waals surface area contributed by atoms with Gasteiger partial charge in [-0.1, -0.05) is 30.3 Å². The summed E-state index contributed by atoms with van der Waals surface area (Å²) in [5.74, 6) is -1.49. The highest BCUT2D eigenvalue weighted by Crippen LogP contribution is 2.31. The summed E-state index contributed by atoms with van der Waals surface area (Å²) in [6.07, 6.45) is 3.38. The summed E-state index contributed by atoms with van der Waals surface area (Å²) in [5.41, 5.74) is 1.93. The molecule has 1 amide bonds. The van der Waals surface area contributed by atoms with Crippen molar-refractivity contribution in [1.29, 1.82) is 0 Å². The van der Waals surface area contributed by atoms with Gasteiger partial charge in [0, 0.05) is 24.7 Å². The van der Waals surface area contributed by atoms with Crippen LogP contribution in [-0.2, 0) is 22.7 Å². The van der Waals surface area contributed by atoms with Crippen LogP contribution in [0, 0.1) is 11.8 Å². The van der Waals surface area contributed by atoms with E-state index in [1.807, 2.05) is 30.3 Å². The fourth-order valence-corrected chi connectivity index (χ4v) is 3.33. The predicted octanol–water partition coefficient (Wildman–Crippen LogP) is 2.01. The molecular weight excluding hydrogens is 332 g/mol. The third-order valence-corrected chi connectivity index (χ3v) is 4.89. The second kappa shape index (κ2) is 7.99. The van der Waals surface area contributed by atoms with Gasteiger partial charge < -0.3 is 15.0 Å². The SMILES string of the molecule is O=C(O)[C@@H]1CC[C@H](C(=O)NCc2ccc(Cn3ccccc3=O)cc2)C1. The number of hydrogen-bond donors (Lipinski definition) is 2. The van der Waals surface area contributed by atoms with Crippen molar-refractivity contribution in [1.82, 2.24) is 9.88 Å². The Labute approximate surface area is 151 Å². The van der Waals surface area contributed by atoms with Crippen LogP contribution in [0.4, 0.5) is 0 Å². The quantitative estimate of drug-likeness (QED) is 0.831. The van der Waals surface area contributed by atoms with E-state index in [0.29, 0.717) is 32.4 Å². The number of rotatable bonds is 6. The molecule has 1 aromatic heterocycles. The lowest BCUT2D eigenvalue weighted by Crippen LogP contribution is -2.29. The van der Waals surface area contributed by atoms with E-state index in [-0.39, 0.29) is 17.4 Å². The van der Waals surface area contributed by atoms with Gasteiger partial charge in [-0.05, 0) is 36.5 Å². The van der Waals surface area contributed by atoms with E-state index in [2.05, 4.69) is 5.32 Å². The fraction of sp³-hybridized carbons (Fsp3) is 0.350. The average molecular weight is 354 g/mol. The number of hydrogen-bond acceptors (Lipinski definition) is 3. The summed E-state index contributed by atoms with van der Waals surface area (Å²) in [7, 11) is 0. The van der Waals surface area contributed by atoms with Crippen molar-refractivity contribution in [3.63, 3.8) is 0 Å². The molecule has 1 aliphatic carbocycles. The van der Waals surface area contributed by atoms with E-state index in [1.165, 1.54) is 6.07 Å². The smallest absolute Gasteiger partial charge is 0.306 e. The van der Waals surface area contributed by atoms with Crippen molar-refractivity contribution in [2.45, 2.75) is 32.4 Å². The molecule has 2 aromatic rings. The first-order valence-corrected chi connectivity index (χ1v) is 8.77. The largest absolute Gasteiger partial charge is 0.481 e. The Morgan fingerprint density at radius 3 is 2.38 bits per heavy atom. The number of nitrogens with zero attached hydrogens (tertiary/aromatic N) is 1. The monoisotopic (exact) mass is 354 g/mol. The predicted molar refractivity (Wildman–Crippen MR) is 96.6 cm³/mol. The Bertz CT molecular complexity index is 841. The molecule has 2 atom stereocenters. The number of aliphatic carboxylic acids is 1. The molecule has 1 aliphatic rings. The van der Waals surface area contributed by atoms with Gasteiger partial charge in [0.2, 0.25) is 5.91 Å². The van der Waals surface area contributed by atoms with E-state index in [0.717, 1.165) is 11.1 Å². The Morgan fingerprint density at radius 1 is 1.04 bits per heavy atom. The van der Waals surface area contributed by atoms with Crippen molar-refractivity contribution >= 4 is 11.9 Å². The number of amides is 1. The number of nitrogens with one attached hydrogen (secondary N) is 1. The van der Waals surface area contributed by atoms with Gasteiger partial charge in [0.1, 0.15) is 0 Å². The Morgan fingerprint density at radius 2 is 1.73 bits per heavy atom. The topological polar surface area (TPSA) is 88.4 Å². The Hall–Kier alpha value is -2.89. The molecule has 3 rings (SSSR count). The van der Waals surface area contributed by atoms with Crippen LogP contribution >= 0.6 is 0 Å². The first kappa shape index (κ1) is 17.9. The van der Waals surface area contributed by atoms with E-state index in [9.17, 15) is 14.4 Å². The number of pyridine rings is 1. The van der Waals surface area contributed by atoms with Gasteiger partial charge in [0.15, 0.2) is 0 Å². The number of aromatic nitrogens is 1. The molecule has 0 bridgehead atoms. The molecule has 1 fully saturated rings. The molecule has 0 unspecified atom stereocenters. The minimum absolute atomic E-state index is 0.0416. The molecule has 136 valence electrons. The summed E-state index contributed by atoms with van der Waals surface area (Å²) >= 11 is 0. The molecule has 2 N–H and O–H groups in total. The third kappa shape index (κ3) is 4.39. The van der Waals surface area contributed by atoms with E-state index in [4.69, 9.17) is 5.11 Å². The number of benzene rings is 1. The van der Waals surface area contributed by atoms with Crippen molar-refractivity contribution in [3.8, 4) is 0 Å². The maximum absolute atomic E-state index is 12.2. The lowest BCUT2D eigenvalue weighted by Gasteiger charge is -2.11. The van der Waals surface area contributed by atoms with Crippen molar-refractivity contribution in [3.05, 3.63) is 70.1 Å². The molecule has 1 saturated carbocycles. The van der Waals surface area contributed by atoms with Gasteiger partial charge in [0.25, 0.3) is 5.56 Å². The van der Waals surface area contributed by atoms with Crippen LogP contribution in [0.15, 0.2) is 53.5 Å². The second-order valence-electron chi connectivity index (χ2n) is 6.75. The van der Waals surface area contributed by atoms with Crippen LogP contribution in [0.2, 0.25) is 0 Å². The second-order valence-corrected chi connectivity index (χ2v) is 6.75. The normalized spacial score (nSPS) is 19.2. The lowest BCUT2D eigenvalue weighted by molar-refractivity contribution is -0.141. The summed E-state index contributed by atoms with van der Waals surface area (Å²) in [5, 5.41) is 11.9. The summed E-state index contributed by atoms with van der Waals surface area (Å²) < 4.78 is 1.63. The zero-order valence-electron chi connectivity index (χ0n) is 14.4. The summed E-state index contributed by atoms with van der Waals surface area (Å²) in [4.78, 5) is 34.9. The maximum Gasteiger partial charge on any atom is 0.306 e. The molecule has 1 heterocycles. The van der Waals surface area contributed by atoms with Crippen molar-refractivity contribution in [2.24, 2.45) is 11.8 Å². The lowest BCUT2D eigenvalue weighted by atomic mass is 10.0. The van der Waals surface area contributed by atoms with Crippen LogP contribution < -0.4 is 10.9 Å². The van der Waals surface area contributed by atoms with Gasteiger partial charge in [-0.25, -0.2) is 0 Å². The molecule has 26 heavy (non-hydrogen) atoms. The average Bonchev–Trinajstić information content (AvgIpc) is 3.13. The number of carboxylic acid groups (broad SMARTS) is 1. The van der Waals surface area contributed by atoms with E-state index < -0.39 is 11.9 Å². The van der Waals surface area contributed by atoms with Gasteiger partial charge >= 0.3 is 5.97 Å². The van der Waals surface area contributed by atoms with Gasteiger partial charge in [0.05, 0.1) is 12.5 Å². The van der Waals surface area contributed by atoms with Gasteiger partial charge in [-0.2, -0.15) is 0 Å². The van der Waals surface area contributed by atoms with Crippen molar-refractivity contribution < 1.29 is 14.7 Å². The molecule has 0 aliphatic heterocycles. The molecule has 6 nitrogen and oxygen atoms in total. The third-order valence-electron chi connectivity index (χ3n) is 4.89. The number of carboxylic acids is 1. The number of carbonyl (C=O) groups excluding carboxylic acids is 1.